The number of aryl methyl sites for hydroxylation is 1. The number of ketones is 1. The summed E-state index contributed by atoms with van der Waals surface area (Å²) in [7, 11) is 0. The molecule has 6 N–H and O–H groups in total. The third kappa shape index (κ3) is 3.82. The Kier molecular flexibility index (Phi) is 5.16. The molecule has 0 aliphatic rings. The second-order valence-electron chi connectivity index (χ2n) is 6.41. The lowest BCUT2D eigenvalue weighted by Gasteiger charge is -2.16. The van der Waals surface area contributed by atoms with Crippen molar-refractivity contribution in [3.05, 3.63) is 65.9 Å². The van der Waals surface area contributed by atoms with Crippen LogP contribution in [-0.4, -0.2) is 28.8 Å². The van der Waals surface area contributed by atoms with Crippen molar-refractivity contribution in [3.8, 4) is 0 Å². The van der Waals surface area contributed by atoms with Crippen LogP contribution in [-0.2, 0) is 16.0 Å². The van der Waals surface area contributed by atoms with Crippen LogP contribution in [0.3, 0.4) is 0 Å². The molecule has 1 unspecified atom stereocenters. The normalized spacial score (nSPS) is 13.3. The summed E-state index contributed by atoms with van der Waals surface area (Å²) in [5, 5.41) is 3.65. The molecule has 0 spiro atoms. The van der Waals surface area contributed by atoms with E-state index < -0.39 is 23.8 Å². The van der Waals surface area contributed by atoms with Crippen molar-refractivity contribution >= 4 is 28.3 Å². The molecule has 0 aliphatic carbocycles. The minimum Gasteiger partial charge on any atom is -0.361 e. The van der Waals surface area contributed by atoms with Crippen LogP contribution < -0.4 is 16.8 Å². The largest absolute Gasteiger partial charge is 0.361 e. The van der Waals surface area contributed by atoms with Gasteiger partial charge in [0.05, 0.1) is 6.04 Å². The van der Waals surface area contributed by atoms with Gasteiger partial charge in [-0.05, 0) is 43.2 Å². The van der Waals surface area contributed by atoms with Gasteiger partial charge in [-0.15, -0.1) is 0 Å². The van der Waals surface area contributed by atoms with Crippen LogP contribution in [0, 0.1) is 6.92 Å². The van der Waals surface area contributed by atoms with E-state index in [4.69, 9.17) is 11.5 Å². The van der Waals surface area contributed by atoms with Gasteiger partial charge in [0.25, 0.3) is 0 Å². The van der Waals surface area contributed by atoms with Gasteiger partial charge in [-0.3, -0.25) is 9.59 Å². The lowest BCUT2D eigenvalue weighted by atomic mass is 9.98. The number of aromatic nitrogens is 1. The fourth-order valence-electron chi connectivity index (χ4n) is 2.90. The molecule has 1 heterocycles. The second-order valence-corrected chi connectivity index (χ2v) is 6.41. The predicted octanol–water partition coefficient (Wildman–Crippen LogP) is 1.88. The van der Waals surface area contributed by atoms with Gasteiger partial charge in [-0.2, -0.15) is 0 Å². The van der Waals surface area contributed by atoms with Gasteiger partial charge < -0.3 is 21.8 Å². The van der Waals surface area contributed by atoms with Crippen LogP contribution in [0.5, 0.6) is 0 Å². The summed E-state index contributed by atoms with van der Waals surface area (Å²) in [5.41, 5.74) is 15.5. The number of H-pyrrole nitrogens is 1. The number of nitrogens with two attached hydrogens (primary N) is 2. The Balaban J connectivity index is 1.68. The predicted molar refractivity (Wildman–Crippen MR) is 103 cm³/mol. The minimum absolute atomic E-state index is 0.314. The first-order valence-electron chi connectivity index (χ1n) is 8.43. The number of nitrogens with one attached hydrogen (secondary N) is 2. The monoisotopic (exact) mass is 350 g/mol. The number of Topliss-reactive ketones (excluding diaryl/α,β-unsaturated/α-hetero) is 1. The molecule has 0 saturated carbocycles. The van der Waals surface area contributed by atoms with Gasteiger partial charge in [0.1, 0.15) is 6.04 Å². The summed E-state index contributed by atoms with van der Waals surface area (Å²) >= 11 is 0. The summed E-state index contributed by atoms with van der Waals surface area (Å²) in [6.45, 7) is 2.01. The maximum Gasteiger partial charge on any atom is 0.249 e. The molecule has 2 atom stereocenters. The standard InChI is InChI=1S/C20H22N4O2/c1-12-7-8-17-15(9-12)13(11-23-17)10-16(21)19(25)18(22)20(26)24-14-5-3-2-4-6-14/h2-9,11,16,18,23H,10,21-22H2,1H3,(H,24,26)/t16-,18?/m0/s1. The van der Waals surface area contributed by atoms with Gasteiger partial charge in [0, 0.05) is 22.8 Å². The third-order valence-electron chi connectivity index (χ3n) is 4.36. The molecule has 6 nitrogen and oxygen atoms in total. The van der Waals surface area contributed by atoms with Gasteiger partial charge in [-0.1, -0.05) is 29.8 Å². The highest BCUT2D eigenvalue weighted by Gasteiger charge is 2.27. The molecule has 6 heteroatoms. The third-order valence-corrected chi connectivity index (χ3v) is 4.36. The summed E-state index contributed by atoms with van der Waals surface area (Å²) < 4.78 is 0. The van der Waals surface area contributed by atoms with Crippen molar-refractivity contribution in [1.82, 2.24) is 4.98 Å². The second kappa shape index (κ2) is 7.51. The molecular weight excluding hydrogens is 328 g/mol. The highest BCUT2D eigenvalue weighted by Crippen LogP contribution is 2.21. The molecule has 26 heavy (non-hydrogen) atoms. The molecule has 134 valence electrons. The van der Waals surface area contributed by atoms with Crippen LogP contribution >= 0.6 is 0 Å². The molecule has 3 rings (SSSR count). The molecule has 1 aromatic heterocycles. The number of hydrogen-bond acceptors (Lipinski definition) is 4. The van der Waals surface area contributed by atoms with E-state index in [1.165, 1.54) is 0 Å². The first-order chi connectivity index (χ1) is 12.5. The Bertz CT molecular complexity index is 933. The highest BCUT2D eigenvalue weighted by molar-refractivity contribution is 6.12. The Morgan fingerprint density at radius 2 is 1.85 bits per heavy atom. The van der Waals surface area contributed by atoms with E-state index in [0.717, 1.165) is 22.0 Å². The van der Waals surface area contributed by atoms with E-state index in [9.17, 15) is 9.59 Å². The molecule has 0 aliphatic heterocycles. The number of para-hydroxylation sites is 1. The van der Waals surface area contributed by atoms with E-state index >= 15 is 0 Å². The van der Waals surface area contributed by atoms with Crippen molar-refractivity contribution in [2.45, 2.75) is 25.4 Å². The first-order valence-corrected chi connectivity index (χ1v) is 8.43. The van der Waals surface area contributed by atoms with Crippen LogP contribution in [0.1, 0.15) is 11.1 Å². The van der Waals surface area contributed by atoms with Gasteiger partial charge in [0.2, 0.25) is 5.91 Å². The molecule has 2 aromatic carbocycles. The fourth-order valence-corrected chi connectivity index (χ4v) is 2.90. The molecule has 3 aromatic rings. The molecule has 0 bridgehead atoms. The zero-order chi connectivity index (χ0) is 18.7. The number of fused-ring (bicyclic) bond motifs is 1. The van der Waals surface area contributed by atoms with Crippen molar-refractivity contribution in [2.24, 2.45) is 11.5 Å². The number of aromatic amines is 1. The zero-order valence-corrected chi connectivity index (χ0v) is 14.5. The number of rotatable bonds is 6. The number of benzene rings is 2. The van der Waals surface area contributed by atoms with Crippen molar-refractivity contribution in [2.75, 3.05) is 5.32 Å². The number of carbonyl (C=O) groups is 2. The number of anilines is 1. The molecule has 0 radical (unpaired) electrons. The van der Waals surface area contributed by atoms with Gasteiger partial charge in [-0.25, -0.2) is 0 Å². The van der Waals surface area contributed by atoms with E-state index in [0.29, 0.717) is 12.1 Å². The maximum absolute atomic E-state index is 12.5. The van der Waals surface area contributed by atoms with Crippen LogP contribution in [0.25, 0.3) is 10.9 Å². The SMILES string of the molecule is Cc1ccc2[nH]cc(C[C@H](N)C(=O)C(N)C(=O)Nc3ccccc3)c2c1. The molecule has 1 amide bonds. The average Bonchev–Trinajstić information content (AvgIpc) is 3.03. The van der Waals surface area contributed by atoms with E-state index in [1.807, 2.05) is 37.4 Å². The lowest BCUT2D eigenvalue weighted by Crippen LogP contribution is -2.50. The Hall–Kier alpha value is -2.96. The van der Waals surface area contributed by atoms with Crippen LogP contribution in [0.15, 0.2) is 54.7 Å². The summed E-state index contributed by atoms with van der Waals surface area (Å²) in [4.78, 5) is 27.8. The topological polar surface area (TPSA) is 114 Å². The smallest absolute Gasteiger partial charge is 0.249 e. The Morgan fingerprint density at radius 1 is 1.12 bits per heavy atom. The summed E-state index contributed by atoms with van der Waals surface area (Å²) in [6, 6.07) is 12.7. The highest BCUT2D eigenvalue weighted by atomic mass is 16.2. The fraction of sp³-hybridized carbons (Fsp3) is 0.200. The van der Waals surface area contributed by atoms with Crippen LogP contribution in [0.4, 0.5) is 5.69 Å². The molecule has 0 fully saturated rings. The minimum atomic E-state index is -1.31. The maximum atomic E-state index is 12.5. The van der Waals surface area contributed by atoms with E-state index in [2.05, 4.69) is 10.3 Å². The van der Waals surface area contributed by atoms with E-state index in [-0.39, 0.29) is 0 Å². The van der Waals surface area contributed by atoms with Crippen molar-refractivity contribution in [1.29, 1.82) is 0 Å². The summed E-state index contributed by atoms with van der Waals surface area (Å²) in [6.07, 6.45) is 2.15. The van der Waals surface area contributed by atoms with Crippen LogP contribution in [0.2, 0.25) is 0 Å². The van der Waals surface area contributed by atoms with Gasteiger partial charge in [0.15, 0.2) is 5.78 Å². The first kappa shape index (κ1) is 17.8. The summed E-state index contributed by atoms with van der Waals surface area (Å²) in [5.74, 6) is -1.05. The number of amides is 1. The Labute approximate surface area is 151 Å². The number of hydrogen-bond donors (Lipinski definition) is 4. The molecular formula is C20H22N4O2. The average molecular weight is 350 g/mol. The zero-order valence-electron chi connectivity index (χ0n) is 14.5. The van der Waals surface area contributed by atoms with Crippen molar-refractivity contribution < 1.29 is 9.59 Å². The van der Waals surface area contributed by atoms with E-state index in [1.54, 1.807) is 24.3 Å². The lowest BCUT2D eigenvalue weighted by molar-refractivity contribution is -0.128. The molecule has 0 saturated heterocycles. The van der Waals surface area contributed by atoms with Gasteiger partial charge >= 0.3 is 0 Å². The van der Waals surface area contributed by atoms with Crippen molar-refractivity contribution in [3.63, 3.8) is 0 Å². The Morgan fingerprint density at radius 3 is 2.58 bits per heavy atom. The quantitative estimate of drug-likeness (QED) is 0.508. The number of carbonyl (C=O) groups excluding carboxylic acids is 2.